The highest BCUT2D eigenvalue weighted by Crippen LogP contribution is 2.30. The van der Waals surface area contributed by atoms with E-state index < -0.39 is 0 Å². The summed E-state index contributed by atoms with van der Waals surface area (Å²) >= 11 is 5.91. The molecule has 0 saturated heterocycles. The first-order valence-corrected chi connectivity index (χ1v) is 6.27. The van der Waals surface area contributed by atoms with Crippen LogP contribution in [0.4, 0.5) is 5.69 Å². The molecule has 2 aromatic rings. The summed E-state index contributed by atoms with van der Waals surface area (Å²) < 4.78 is 5.72. The zero-order chi connectivity index (χ0) is 13.1. The van der Waals surface area contributed by atoms with E-state index >= 15 is 0 Å². The number of nitrogens with two attached hydrogens (primary N) is 1. The maximum Gasteiger partial charge on any atom is 0.151 e. The van der Waals surface area contributed by atoms with Gasteiger partial charge in [0.15, 0.2) is 5.75 Å². The van der Waals surface area contributed by atoms with Gasteiger partial charge in [0, 0.05) is 11.1 Å². The van der Waals surface area contributed by atoms with E-state index in [1.807, 2.05) is 12.1 Å². The number of nitrogen functional groups attached to an aromatic ring is 1. The lowest BCUT2D eigenvalue weighted by atomic mass is 10.0. The van der Waals surface area contributed by atoms with Crippen LogP contribution in [0.1, 0.15) is 25.3 Å². The van der Waals surface area contributed by atoms with Crippen LogP contribution < -0.4 is 10.5 Å². The average Bonchev–Trinajstić information content (AvgIpc) is 2.34. The lowest BCUT2D eigenvalue weighted by Gasteiger charge is -2.10. The molecular weight excluding hydrogens is 246 g/mol. The molecule has 0 aromatic heterocycles. The molecule has 18 heavy (non-hydrogen) atoms. The summed E-state index contributed by atoms with van der Waals surface area (Å²) in [5.41, 5.74) is 7.69. The first kappa shape index (κ1) is 12.8. The second-order valence-corrected chi connectivity index (χ2v) is 4.94. The Hall–Kier alpha value is -1.67. The molecule has 2 nitrogen and oxygen atoms in total. The van der Waals surface area contributed by atoms with Crippen LogP contribution in [-0.4, -0.2) is 0 Å². The lowest BCUT2D eigenvalue weighted by molar-refractivity contribution is 0.485. The van der Waals surface area contributed by atoms with Gasteiger partial charge >= 0.3 is 0 Å². The third kappa shape index (κ3) is 2.96. The van der Waals surface area contributed by atoms with Crippen LogP contribution in [0.25, 0.3) is 0 Å². The normalized spacial score (nSPS) is 10.7. The Morgan fingerprint density at radius 3 is 2.33 bits per heavy atom. The highest BCUT2D eigenvalue weighted by molar-refractivity contribution is 6.30. The van der Waals surface area contributed by atoms with Gasteiger partial charge < -0.3 is 10.5 Å². The van der Waals surface area contributed by atoms with E-state index in [-0.39, 0.29) is 0 Å². The van der Waals surface area contributed by atoms with Crippen LogP contribution >= 0.6 is 11.6 Å². The quantitative estimate of drug-likeness (QED) is 0.803. The third-order valence-electron chi connectivity index (χ3n) is 2.75. The Labute approximate surface area is 112 Å². The molecule has 0 aliphatic rings. The molecule has 0 heterocycles. The Kier molecular flexibility index (Phi) is 3.78. The zero-order valence-electron chi connectivity index (χ0n) is 10.5. The van der Waals surface area contributed by atoms with Gasteiger partial charge in [-0.25, -0.2) is 0 Å². The number of hydrogen-bond acceptors (Lipinski definition) is 2. The average molecular weight is 262 g/mol. The van der Waals surface area contributed by atoms with Gasteiger partial charge in [0.2, 0.25) is 0 Å². The van der Waals surface area contributed by atoms with Crippen molar-refractivity contribution in [2.24, 2.45) is 0 Å². The molecule has 0 aliphatic heterocycles. The first-order valence-electron chi connectivity index (χ1n) is 5.89. The molecule has 2 aromatic carbocycles. The topological polar surface area (TPSA) is 35.2 Å². The van der Waals surface area contributed by atoms with Gasteiger partial charge in [-0.05, 0) is 35.7 Å². The highest BCUT2D eigenvalue weighted by Gasteiger charge is 2.04. The van der Waals surface area contributed by atoms with Crippen LogP contribution in [0.2, 0.25) is 5.02 Å². The summed E-state index contributed by atoms with van der Waals surface area (Å²) in [5.74, 6) is 1.85. The van der Waals surface area contributed by atoms with Crippen molar-refractivity contribution in [3.05, 3.63) is 53.1 Å². The molecule has 2 N–H and O–H groups in total. The van der Waals surface area contributed by atoms with Crippen LogP contribution in [0, 0.1) is 0 Å². The molecule has 0 aliphatic carbocycles. The van der Waals surface area contributed by atoms with Crippen LogP contribution in [0.5, 0.6) is 11.5 Å². The van der Waals surface area contributed by atoms with E-state index in [0.717, 1.165) is 5.75 Å². The van der Waals surface area contributed by atoms with Crippen LogP contribution in [0.3, 0.4) is 0 Å². The Morgan fingerprint density at radius 2 is 1.72 bits per heavy atom. The highest BCUT2D eigenvalue weighted by atomic mass is 35.5. The van der Waals surface area contributed by atoms with Crippen molar-refractivity contribution in [3.63, 3.8) is 0 Å². The number of anilines is 1. The SMILES string of the molecule is CC(C)c1ccc(Oc2cc(Cl)ccc2N)cc1. The van der Waals surface area contributed by atoms with E-state index in [0.29, 0.717) is 22.4 Å². The van der Waals surface area contributed by atoms with Crippen molar-refractivity contribution >= 4 is 17.3 Å². The van der Waals surface area contributed by atoms with Crippen molar-refractivity contribution in [3.8, 4) is 11.5 Å². The molecule has 0 unspecified atom stereocenters. The monoisotopic (exact) mass is 261 g/mol. The maximum absolute atomic E-state index is 5.91. The predicted molar refractivity (Wildman–Crippen MR) is 76.5 cm³/mol. The summed E-state index contributed by atoms with van der Waals surface area (Å²) in [6.07, 6.45) is 0. The molecule has 94 valence electrons. The fraction of sp³-hybridized carbons (Fsp3) is 0.200. The van der Waals surface area contributed by atoms with E-state index in [1.165, 1.54) is 5.56 Å². The maximum atomic E-state index is 5.91. The third-order valence-corrected chi connectivity index (χ3v) is 2.99. The second-order valence-electron chi connectivity index (χ2n) is 4.51. The fourth-order valence-corrected chi connectivity index (χ4v) is 1.81. The molecule has 2 rings (SSSR count). The van der Waals surface area contributed by atoms with Gasteiger partial charge in [-0.2, -0.15) is 0 Å². The zero-order valence-corrected chi connectivity index (χ0v) is 11.2. The van der Waals surface area contributed by atoms with E-state index in [4.69, 9.17) is 22.1 Å². The van der Waals surface area contributed by atoms with Crippen LogP contribution in [-0.2, 0) is 0 Å². The molecule has 0 atom stereocenters. The molecular formula is C15H16ClNO. The second kappa shape index (κ2) is 5.32. The largest absolute Gasteiger partial charge is 0.455 e. The first-order chi connectivity index (χ1) is 8.56. The van der Waals surface area contributed by atoms with Gasteiger partial charge in [0.05, 0.1) is 5.69 Å². The molecule has 0 radical (unpaired) electrons. The summed E-state index contributed by atoms with van der Waals surface area (Å²) in [6, 6.07) is 13.2. The summed E-state index contributed by atoms with van der Waals surface area (Å²) in [6.45, 7) is 4.32. The number of rotatable bonds is 3. The summed E-state index contributed by atoms with van der Waals surface area (Å²) in [4.78, 5) is 0. The van der Waals surface area contributed by atoms with Crippen molar-refractivity contribution in [1.82, 2.24) is 0 Å². The van der Waals surface area contributed by atoms with Crippen molar-refractivity contribution < 1.29 is 4.74 Å². The van der Waals surface area contributed by atoms with Gasteiger partial charge in [-0.3, -0.25) is 0 Å². The van der Waals surface area contributed by atoms with Gasteiger partial charge in [-0.1, -0.05) is 37.6 Å². The fourth-order valence-electron chi connectivity index (χ4n) is 1.64. The van der Waals surface area contributed by atoms with Crippen molar-refractivity contribution in [1.29, 1.82) is 0 Å². The van der Waals surface area contributed by atoms with Crippen molar-refractivity contribution in [2.75, 3.05) is 5.73 Å². The number of halogens is 1. The van der Waals surface area contributed by atoms with Crippen LogP contribution in [0.15, 0.2) is 42.5 Å². The Bertz CT molecular complexity index is 535. The van der Waals surface area contributed by atoms with E-state index in [9.17, 15) is 0 Å². The molecule has 0 fully saturated rings. The Balaban J connectivity index is 2.21. The van der Waals surface area contributed by atoms with E-state index in [1.54, 1.807) is 18.2 Å². The minimum atomic E-state index is 0.510. The molecule has 0 spiro atoms. The predicted octanol–water partition coefficient (Wildman–Crippen LogP) is 4.84. The van der Waals surface area contributed by atoms with Gasteiger partial charge in [0.1, 0.15) is 5.75 Å². The number of benzene rings is 2. The minimum Gasteiger partial charge on any atom is -0.455 e. The number of ether oxygens (including phenoxy) is 1. The Morgan fingerprint density at radius 1 is 1.06 bits per heavy atom. The summed E-state index contributed by atoms with van der Waals surface area (Å²) in [5, 5.41) is 0.609. The van der Waals surface area contributed by atoms with E-state index in [2.05, 4.69) is 26.0 Å². The van der Waals surface area contributed by atoms with Gasteiger partial charge in [0.25, 0.3) is 0 Å². The lowest BCUT2D eigenvalue weighted by Crippen LogP contribution is -1.92. The molecule has 0 bridgehead atoms. The van der Waals surface area contributed by atoms with Gasteiger partial charge in [-0.15, -0.1) is 0 Å². The smallest absolute Gasteiger partial charge is 0.151 e. The number of hydrogen-bond donors (Lipinski definition) is 1. The molecule has 0 amide bonds. The minimum absolute atomic E-state index is 0.510. The standard InChI is InChI=1S/C15H16ClNO/c1-10(2)11-3-6-13(7-4-11)18-15-9-12(16)5-8-14(15)17/h3-10H,17H2,1-2H3. The van der Waals surface area contributed by atoms with Crippen molar-refractivity contribution in [2.45, 2.75) is 19.8 Å². The molecule has 0 saturated carbocycles. The summed E-state index contributed by atoms with van der Waals surface area (Å²) in [7, 11) is 0. The molecule has 3 heteroatoms.